The lowest BCUT2D eigenvalue weighted by atomic mass is 9.95. The highest BCUT2D eigenvalue weighted by atomic mass is 16.5. The molecule has 2 aromatic rings. The van der Waals surface area contributed by atoms with Crippen molar-refractivity contribution in [3.05, 3.63) is 58.7 Å². The smallest absolute Gasteiger partial charge is 0.252 e. The molecule has 0 aliphatic carbocycles. The second-order valence-corrected chi connectivity index (χ2v) is 9.20. The van der Waals surface area contributed by atoms with E-state index in [1.54, 1.807) is 7.11 Å². The summed E-state index contributed by atoms with van der Waals surface area (Å²) in [6.45, 7) is 8.86. The van der Waals surface area contributed by atoms with E-state index < -0.39 is 0 Å². The highest BCUT2D eigenvalue weighted by Gasteiger charge is 2.23. The number of anilines is 1. The zero-order chi connectivity index (χ0) is 23.5. The SMILES string of the molecule is COc1ccc([C@@H](C)NC(=O)c2cc(N3CCN(C)CC3)ccc2C)cc1C1C=NN(C)C1. The molecule has 2 aliphatic rings. The Kier molecular flexibility index (Phi) is 6.88. The maximum atomic E-state index is 13.3. The number of carbonyl (C=O) groups excluding carboxylic acids is 1. The molecule has 0 bridgehead atoms. The van der Waals surface area contributed by atoms with Crippen LogP contribution in [0.5, 0.6) is 5.75 Å². The summed E-state index contributed by atoms with van der Waals surface area (Å²) in [7, 11) is 5.80. The van der Waals surface area contributed by atoms with Crippen LogP contribution in [0.3, 0.4) is 0 Å². The molecule has 7 heteroatoms. The summed E-state index contributed by atoms with van der Waals surface area (Å²) >= 11 is 0. The van der Waals surface area contributed by atoms with Gasteiger partial charge in [0.05, 0.1) is 13.2 Å². The molecule has 2 aliphatic heterocycles. The molecule has 2 heterocycles. The summed E-state index contributed by atoms with van der Waals surface area (Å²) in [5, 5.41) is 9.50. The number of methoxy groups -OCH3 is 1. The van der Waals surface area contributed by atoms with E-state index >= 15 is 0 Å². The summed E-state index contributed by atoms with van der Waals surface area (Å²) in [5.74, 6) is 0.977. The summed E-state index contributed by atoms with van der Waals surface area (Å²) < 4.78 is 5.60. The zero-order valence-electron chi connectivity index (χ0n) is 20.3. The first-order valence-electron chi connectivity index (χ1n) is 11.6. The van der Waals surface area contributed by atoms with Gasteiger partial charge in [-0.05, 0) is 56.3 Å². The Balaban J connectivity index is 1.51. The fraction of sp³-hybridized carbons (Fsp3) is 0.462. The number of aryl methyl sites for hydroxylation is 1. The topological polar surface area (TPSA) is 60.4 Å². The molecule has 0 radical (unpaired) electrons. The molecule has 176 valence electrons. The monoisotopic (exact) mass is 449 g/mol. The van der Waals surface area contributed by atoms with Crippen LogP contribution in [0.25, 0.3) is 0 Å². The van der Waals surface area contributed by atoms with E-state index in [1.165, 1.54) is 0 Å². The number of nitrogens with one attached hydrogen (secondary N) is 1. The molecule has 2 atom stereocenters. The van der Waals surface area contributed by atoms with Gasteiger partial charge in [0.2, 0.25) is 0 Å². The minimum absolute atomic E-state index is 0.0458. The van der Waals surface area contributed by atoms with E-state index in [2.05, 4.69) is 45.5 Å². The number of nitrogens with zero attached hydrogens (tertiary/aromatic N) is 4. The van der Waals surface area contributed by atoms with E-state index in [4.69, 9.17) is 4.74 Å². The number of likely N-dealkylation sites (N-methyl/N-ethyl adjacent to an activating group) is 2. The lowest BCUT2D eigenvalue weighted by molar-refractivity contribution is 0.0939. The van der Waals surface area contributed by atoms with Crippen LogP contribution in [0.15, 0.2) is 41.5 Å². The first-order valence-corrected chi connectivity index (χ1v) is 11.6. The highest BCUT2D eigenvalue weighted by Crippen LogP contribution is 2.31. The molecule has 1 fully saturated rings. The van der Waals surface area contributed by atoms with Gasteiger partial charge in [0.15, 0.2) is 0 Å². The van der Waals surface area contributed by atoms with Gasteiger partial charge in [-0.25, -0.2) is 0 Å². The van der Waals surface area contributed by atoms with Crippen molar-refractivity contribution in [3.8, 4) is 5.75 Å². The minimum atomic E-state index is -0.134. The molecular weight excluding hydrogens is 414 g/mol. The predicted octanol–water partition coefficient (Wildman–Crippen LogP) is 3.26. The third kappa shape index (κ3) is 5.14. The van der Waals surface area contributed by atoms with E-state index in [0.717, 1.165) is 66.4 Å². The van der Waals surface area contributed by atoms with Crippen LogP contribution in [0.4, 0.5) is 5.69 Å². The van der Waals surface area contributed by atoms with E-state index in [0.29, 0.717) is 0 Å². The number of hydrogen-bond acceptors (Lipinski definition) is 6. The lowest BCUT2D eigenvalue weighted by Gasteiger charge is -2.34. The average Bonchev–Trinajstić information content (AvgIpc) is 3.25. The summed E-state index contributed by atoms with van der Waals surface area (Å²) in [5.41, 5.74) is 4.98. The molecule has 7 nitrogen and oxygen atoms in total. The normalized spacial score (nSPS) is 19.6. The molecule has 0 spiro atoms. The van der Waals surface area contributed by atoms with Crippen molar-refractivity contribution in [2.75, 3.05) is 58.8 Å². The quantitative estimate of drug-likeness (QED) is 0.734. The number of amides is 1. The van der Waals surface area contributed by atoms with Crippen LogP contribution >= 0.6 is 0 Å². The Bertz CT molecular complexity index is 1030. The lowest BCUT2D eigenvalue weighted by Crippen LogP contribution is -2.44. The van der Waals surface area contributed by atoms with Crippen molar-refractivity contribution < 1.29 is 9.53 Å². The van der Waals surface area contributed by atoms with Gasteiger partial charge < -0.3 is 19.9 Å². The number of carbonyl (C=O) groups is 1. The van der Waals surface area contributed by atoms with Crippen molar-refractivity contribution in [2.45, 2.75) is 25.8 Å². The van der Waals surface area contributed by atoms with Gasteiger partial charge in [0, 0.05) is 68.7 Å². The van der Waals surface area contributed by atoms with E-state index in [9.17, 15) is 4.79 Å². The van der Waals surface area contributed by atoms with Crippen molar-refractivity contribution in [3.63, 3.8) is 0 Å². The largest absolute Gasteiger partial charge is 0.496 e. The molecule has 2 aromatic carbocycles. The first kappa shape index (κ1) is 23.1. The van der Waals surface area contributed by atoms with Crippen LogP contribution < -0.4 is 15.0 Å². The number of hydrogen-bond donors (Lipinski definition) is 1. The summed E-state index contributed by atoms with van der Waals surface area (Å²) in [6, 6.07) is 12.2. The van der Waals surface area contributed by atoms with Gasteiger partial charge in [0.1, 0.15) is 5.75 Å². The second kappa shape index (κ2) is 9.83. The zero-order valence-corrected chi connectivity index (χ0v) is 20.3. The third-order valence-electron chi connectivity index (χ3n) is 6.74. The van der Waals surface area contributed by atoms with Gasteiger partial charge in [0.25, 0.3) is 5.91 Å². The molecule has 1 unspecified atom stereocenters. The Morgan fingerprint density at radius 1 is 1.12 bits per heavy atom. The number of ether oxygens (including phenoxy) is 1. The molecular formula is C26H35N5O2. The maximum Gasteiger partial charge on any atom is 0.252 e. The van der Waals surface area contributed by atoms with Crippen LogP contribution in [-0.2, 0) is 0 Å². The Morgan fingerprint density at radius 3 is 2.55 bits per heavy atom. The fourth-order valence-corrected chi connectivity index (χ4v) is 4.54. The fourth-order valence-electron chi connectivity index (χ4n) is 4.54. The molecule has 1 amide bonds. The Labute approximate surface area is 197 Å². The molecule has 33 heavy (non-hydrogen) atoms. The number of benzene rings is 2. The van der Waals surface area contributed by atoms with Crippen molar-refractivity contribution in [2.24, 2.45) is 5.10 Å². The molecule has 0 aromatic heterocycles. The van der Waals surface area contributed by atoms with Gasteiger partial charge in [-0.1, -0.05) is 12.1 Å². The third-order valence-corrected chi connectivity index (χ3v) is 6.74. The van der Waals surface area contributed by atoms with Gasteiger partial charge in [-0.2, -0.15) is 5.10 Å². The first-order chi connectivity index (χ1) is 15.9. The van der Waals surface area contributed by atoms with Gasteiger partial charge in [-0.3, -0.25) is 9.80 Å². The predicted molar refractivity (Wildman–Crippen MR) is 134 cm³/mol. The maximum absolute atomic E-state index is 13.3. The van der Waals surface area contributed by atoms with Crippen molar-refractivity contribution in [1.82, 2.24) is 15.2 Å². The minimum Gasteiger partial charge on any atom is -0.496 e. The number of hydrazone groups is 1. The van der Waals surface area contributed by atoms with E-state index in [-0.39, 0.29) is 17.9 Å². The summed E-state index contributed by atoms with van der Waals surface area (Å²) in [6.07, 6.45) is 1.96. The Hall–Kier alpha value is -3.06. The van der Waals surface area contributed by atoms with Crippen molar-refractivity contribution in [1.29, 1.82) is 0 Å². The van der Waals surface area contributed by atoms with E-state index in [1.807, 2.05) is 50.3 Å². The molecule has 0 saturated carbocycles. The molecule has 1 N–H and O–H groups in total. The Morgan fingerprint density at radius 2 is 1.88 bits per heavy atom. The average molecular weight is 450 g/mol. The van der Waals surface area contributed by atoms with Crippen LogP contribution in [0, 0.1) is 6.92 Å². The number of rotatable bonds is 6. The molecule has 4 rings (SSSR count). The van der Waals surface area contributed by atoms with Crippen LogP contribution in [-0.4, -0.2) is 76.0 Å². The van der Waals surface area contributed by atoms with Gasteiger partial charge in [-0.15, -0.1) is 0 Å². The van der Waals surface area contributed by atoms with Crippen LogP contribution in [0.1, 0.15) is 45.9 Å². The van der Waals surface area contributed by atoms with Crippen LogP contribution in [0.2, 0.25) is 0 Å². The molecule has 1 saturated heterocycles. The highest BCUT2D eigenvalue weighted by molar-refractivity contribution is 5.96. The van der Waals surface area contributed by atoms with Gasteiger partial charge >= 0.3 is 0 Å². The van der Waals surface area contributed by atoms with Crippen molar-refractivity contribution >= 4 is 17.8 Å². The number of piperazine rings is 1. The summed E-state index contributed by atoms with van der Waals surface area (Å²) in [4.78, 5) is 17.9. The second-order valence-electron chi connectivity index (χ2n) is 9.20. The standard InChI is InChI=1S/C26H35N5O2/c1-18-6-8-22(31-12-10-29(3)11-13-31)15-23(18)26(32)28-19(2)20-7-9-25(33-5)24(14-20)21-16-27-30(4)17-21/h6-9,14-16,19,21H,10-13,17H2,1-5H3,(H,28,32)/t19-,21?/m1/s1.